The fourth-order valence-electron chi connectivity index (χ4n) is 3.08. The Morgan fingerprint density at radius 1 is 1.04 bits per heavy atom. The highest BCUT2D eigenvalue weighted by Crippen LogP contribution is 2.16. The Bertz CT molecular complexity index is 920. The summed E-state index contributed by atoms with van der Waals surface area (Å²) in [5.41, 5.74) is 1.03. The van der Waals surface area contributed by atoms with Crippen LogP contribution in [0.25, 0.3) is 0 Å². The van der Waals surface area contributed by atoms with Gasteiger partial charge in [0.2, 0.25) is 0 Å². The average molecular weight is 404 g/mol. The summed E-state index contributed by atoms with van der Waals surface area (Å²) in [5, 5.41) is 0.571. The van der Waals surface area contributed by atoms with Gasteiger partial charge in [-0.05, 0) is 24.6 Å². The van der Waals surface area contributed by atoms with Crippen molar-refractivity contribution in [2.75, 3.05) is 32.8 Å². The van der Waals surface area contributed by atoms with Crippen LogP contribution in [0.1, 0.15) is 22.8 Å². The Morgan fingerprint density at radius 2 is 1.71 bits per heavy atom. The van der Waals surface area contributed by atoms with E-state index in [1.54, 1.807) is 29.0 Å². The SMILES string of the molecule is CCOC(=O)N1CCN(C(=O)c2ccc(=O)n(Cc3ccccc3Cl)c2)CC1. The molecule has 2 amide bonds. The van der Waals surface area contributed by atoms with E-state index in [0.717, 1.165) is 5.56 Å². The number of carbonyl (C=O) groups is 2. The normalized spacial score (nSPS) is 14.1. The van der Waals surface area contributed by atoms with Crippen molar-refractivity contribution >= 4 is 23.6 Å². The molecule has 1 aromatic heterocycles. The van der Waals surface area contributed by atoms with Gasteiger partial charge in [0.15, 0.2) is 0 Å². The molecule has 8 heteroatoms. The van der Waals surface area contributed by atoms with Crippen molar-refractivity contribution in [2.24, 2.45) is 0 Å². The third kappa shape index (κ3) is 4.54. The predicted octanol–water partition coefficient (Wildman–Crippen LogP) is 2.46. The van der Waals surface area contributed by atoms with Gasteiger partial charge in [-0.1, -0.05) is 29.8 Å². The molecule has 0 bridgehead atoms. The molecule has 148 valence electrons. The minimum Gasteiger partial charge on any atom is -0.450 e. The van der Waals surface area contributed by atoms with Gasteiger partial charge in [-0.2, -0.15) is 0 Å². The van der Waals surface area contributed by atoms with Gasteiger partial charge in [0.05, 0.1) is 18.7 Å². The van der Waals surface area contributed by atoms with Crippen LogP contribution in [0.3, 0.4) is 0 Å². The maximum atomic E-state index is 12.8. The number of piperazine rings is 1. The van der Waals surface area contributed by atoms with Crippen molar-refractivity contribution in [3.8, 4) is 0 Å². The lowest BCUT2D eigenvalue weighted by molar-refractivity contribution is 0.0569. The Balaban J connectivity index is 1.70. The number of benzene rings is 1. The van der Waals surface area contributed by atoms with Crippen LogP contribution in [0.2, 0.25) is 5.02 Å². The second-order valence-corrected chi connectivity index (χ2v) is 6.86. The zero-order chi connectivity index (χ0) is 20.1. The number of hydrogen-bond acceptors (Lipinski definition) is 4. The van der Waals surface area contributed by atoms with E-state index in [1.807, 2.05) is 18.2 Å². The van der Waals surface area contributed by atoms with Gasteiger partial charge in [0.25, 0.3) is 11.5 Å². The molecule has 1 aliphatic heterocycles. The minimum absolute atomic E-state index is 0.170. The van der Waals surface area contributed by atoms with Crippen molar-refractivity contribution in [1.82, 2.24) is 14.4 Å². The molecular formula is C20H22ClN3O4. The summed E-state index contributed by atoms with van der Waals surface area (Å²) in [5.74, 6) is -0.170. The third-order valence-electron chi connectivity index (χ3n) is 4.62. The van der Waals surface area contributed by atoms with E-state index < -0.39 is 0 Å². The highest BCUT2D eigenvalue weighted by Gasteiger charge is 2.25. The molecule has 2 heterocycles. The van der Waals surface area contributed by atoms with Crippen LogP contribution in [0, 0.1) is 0 Å². The van der Waals surface area contributed by atoms with Gasteiger partial charge in [-0.15, -0.1) is 0 Å². The van der Waals surface area contributed by atoms with Crippen LogP contribution < -0.4 is 5.56 Å². The molecule has 0 radical (unpaired) electrons. The first-order valence-corrected chi connectivity index (χ1v) is 9.52. The topological polar surface area (TPSA) is 71.8 Å². The Labute approximate surface area is 168 Å². The number of amides is 2. The van der Waals surface area contributed by atoms with Crippen LogP contribution in [0.5, 0.6) is 0 Å². The van der Waals surface area contributed by atoms with Crippen molar-refractivity contribution in [3.05, 3.63) is 69.1 Å². The number of aromatic nitrogens is 1. The molecule has 0 N–H and O–H groups in total. The van der Waals surface area contributed by atoms with Crippen molar-refractivity contribution in [3.63, 3.8) is 0 Å². The minimum atomic E-state index is -0.358. The fourth-order valence-corrected chi connectivity index (χ4v) is 3.28. The molecule has 1 aromatic carbocycles. The van der Waals surface area contributed by atoms with Gasteiger partial charge in [-0.25, -0.2) is 4.79 Å². The average Bonchev–Trinajstić information content (AvgIpc) is 2.71. The predicted molar refractivity (Wildman–Crippen MR) is 106 cm³/mol. The molecule has 1 aliphatic rings. The van der Waals surface area contributed by atoms with E-state index in [4.69, 9.17) is 16.3 Å². The summed E-state index contributed by atoms with van der Waals surface area (Å²) >= 11 is 6.18. The number of pyridine rings is 1. The number of rotatable bonds is 4. The largest absolute Gasteiger partial charge is 0.450 e. The second kappa shape index (κ2) is 8.93. The third-order valence-corrected chi connectivity index (χ3v) is 4.99. The molecule has 1 fully saturated rings. The Morgan fingerprint density at radius 3 is 2.39 bits per heavy atom. The maximum absolute atomic E-state index is 12.8. The number of carbonyl (C=O) groups excluding carboxylic acids is 2. The molecule has 2 aromatic rings. The fraction of sp³-hybridized carbons (Fsp3) is 0.350. The zero-order valence-electron chi connectivity index (χ0n) is 15.6. The summed E-state index contributed by atoms with van der Waals surface area (Å²) in [6.07, 6.45) is 1.20. The van der Waals surface area contributed by atoms with Crippen molar-refractivity contribution < 1.29 is 14.3 Å². The van der Waals surface area contributed by atoms with Gasteiger partial charge < -0.3 is 19.1 Å². The molecule has 7 nitrogen and oxygen atoms in total. The quantitative estimate of drug-likeness (QED) is 0.786. The molecule has 0 atom stereocenters. The summed E-state index contributed by atoms with van der Waals surface area (Å²) in [4.78, 5) is 40.1. The van der Waals surface area contributed by atoms with Crippen LogP contribution in [0.15, 0.2) is 47.4 Å². The molecule has 0 aliphatic carbocycles. The van der Waals surface area contributed by atoms with Crippen molar-refractivity contribution in [2.45, 2.75) is 13.5 Å². The molecule has 0 saturated carbocycles. The van der Waals surface area contributed by atoms with E-state index in [0.29, 0.717) is 43.4 Å². The van der Waals surface area contributed by atoms with Crippen LogP contribution in [0.4, 0.5) is 4.79 Å². The van der Waals surface area contributed by atoms with Crippen LogP contribution in [-0.4, -0.2) is 59.2 Å². The monoisotopic (exact) mass is 403 g/mol. The Kier molecular flexibility index (Phi) is 6.36. The molecule has 1 saturated heterocycles. The first-order chi connectivity index (χ1) is 13.5. The standard InChI is InChI=1S/C20H22ClN3O4/c1-2-28-20(27)23-11-9-22(10-12-23)19(26)16-7-8-18(25)24(14-16)13-15-5-3-4-6-17(15)21/h3-8,14H,2,9-13H2,1H3. The highest BCUT2D eigenvalue weighted by molar-refractivity contribution is 6.31. The number of halogens is 1. The van der Waals surface area contributed by atoms with Crippen LogP contribution in [-0.2, 0) is 11.3 Å². The lowest BCUT2D eigenvalue weighted by atomic mass is 10.2. The Hall–Kier alpha value is -2.80. The van der Waals surface area contributed by atoms with Crippen LogP contribution >= 0.6 is 11.6 Å². The molecule has 0 spiro atoms. The number of nitrogens with zero attached hydrogens (tertiary/aromatic N) is 3. The summed E-state index contributed by atoms with van der Waals surface area (Å²) in [6.45, 7) is 4.05. The second-order valence-electron chi connectivity index (χ2n) is 6.45. The smallest absolute Gasteiger partial charge is 0.409 e. The zero-order valence-corrected chi connectivity index (χ0v) is 16.4. The molecular weight excluding hydrogens is 382 g/mol. The molecule has 3 rings (SSSR count). The van der Waals surface area contributed by atoms with Gasteiger partial charge in [-0.3, -0.25) is 9.59 Å². The molecule has 0 unspecified atom stereocenters. The maximum Gasteiger partial charge on any atom is 0.409 e. The summed E-state index contributed by atoms with van der Waals surface area (Å²) in [6, 6.07) is 10.2. The summed E-state index contributed by atoms with van der Waals surface area (Å²) < 4.78 is 6.47. The first-order valence-electron chi connectivity index (χ1n) is 9.14. The van der Waals surface area contributed by atoms with E-state index in [9.17, 15) is 14.4 Å². The number of hydrogen-bond donors (Lipinski definition) is 0. The highest BCUT2D eigenvalue weighted by atomic mass is 35.5. The van der Waals surface area contributed by atoms with E-state index >= 15 is 0 Å². The van der Waals surface area contributed by atoms with E-state index in [-0.39, 0.29) is 24.1 Å². The van der Waals surface area contributed by atoms with Gasteiger partial charge in [0.1, 0.15) is 0 Å². The molecule has 28 heavy (non-hydrogen) atoms. The first kappa shape index (κ1) is 19.9. The lowest BCUT2D eigenvalue weighted by Crippen LogP contribution is -2.50. The van der Waals surface area contributed by atoms with E-state index in [1.165, 1.54) is 16.7 Å². The van der Waals surface area contributed by atoms with Gasteiger partial charge in [0, 0.05) is 43.5 Å². The lowest BCUT2D eigenvalue weighted by Gasteiger charge is -2.34. The number of ether oxygens (including phenoxy) is 1. The van der Waals surface area contributed by atoms with E-state index in [2.05, 4.69) is 0 Å². The van der Waals surface area contributed by atoms with Gasteiger partial charge >= 0.3 is 6.09 Å². The van der Waals surface area contributed by atoms with Crippen molar-refractivity contribution in [1.29, 1.82) is 0 Å². The summed E-state index contributed by atoms with van der Waals surface area (Å²) in [7, 11) is 0.